The van der Waals surface area contributed by atoms with E-state index < -0.39 is 0 Å². The molecule has 23 heavy (non-hydrogen) atoms. The average Bonchev–Trinajstić information content (AvgIpc) is 3.16. The van der Waals surface area contributed by atoms with Crippen molar-refractivity contribution in [2.24, 2.45) is 17.3 Å². The predicted octanol–water partition coefficient (Wildman–Crippen LogP) is 1.54. The fourth-order valence-corrected chi connectivity index (χ4v) is 4.41. The van der Waals surface area contributed by atoms with Crippen molar-refractivity contribution in [3.05, 3.63) is 5.82 Å². The van der Waals surface area contributed by atoms with Crippen LogP contribution in [0.5, 0.6) is 0 Å². The zero-order valence-corrected chi connectivity index (χ0v) is 15.0. The van der Waals surface area contributed by atoms with E-state index in [-0.39, 0.29) is 17.9 Å². The molecular formula is C16H26N4O2S. The molecule has 128 valence electrons. The minimum Gasteiger partial charge on any atom is -0.396 e. The average molecular weight is 338 g/mol. The molecule has 0 radical (unpaired) electrons. The lowest BCUT2D eigenvalue weighted by Gasteiger charge is -2.27. The summed E-state index contributed by atoms with van der Waals surface area (Å²) in [5, 5.41) is 11.0. The summed E-state index contributed by atoms with van der Waals surface area (Å²) < 4.78 is 4.25. The zero-order valence-electron chi connectivity index (χ0n) is 14.2. The van der Waals surface area contributed by atoms with Gasteiger partial charge in [0.05, 0.1) is 6.61 Å². The van der Waals surface area contributed by atoms with Crippen molar-refractivity contribution >= 4 is 22.6 Å². The van der Waals surface area contributed by atoms with Gasteiger partial charge in [-0.15, -0.1) is 0 Å². The number of nitrogens with zero attached hydrogens (tertiary/aromatic N) is 4. The van der Waals surface area contributed by atoms with Gasteiger partial charge in [0.2, 0.25) is 11.0 Å². The van der Waals surface area contributed by atoms with Crippen LogP contribution in [0.15, 0.2) is 0 Å². The fourth-order valence-electron chi connectivity index (χ4n) is 3.72. The van der Waals surface area contributed by atoms with Crippen molar-refractivity contribution in [1.82, 2.24) is 14.3 Å². The summed E-state index contributed by atoms with van der Waals surface area (Å²) in [6, 6.07) is 0. The highest BCUT2D eigenvalue weighted by Crippen LogP contribution is 2.44. The first-order chi connectivity index (χ1) is 10.9. The molecule has 6 nitrogen and oxygen atoms in total. The van der Waals surface area contributed by atoms with E-state index in [0.717, 1.165) is 37.0 Å². The third-order valence-electron chi connectivity index (χ3n) is 5.15. The zero-order chi connectivity index (χ0) is 16.6. The monoisotopic (exact) mass is 338 g/mol. The van der Waals surface area contributed by atoms with Crippen LogP contribution in [0, 0.1) is 24.2 Å². The first kappa shape index (κ1) is 16.6. The van der Waals surface area contributed by atoms with E-state index in [1.165, 1.54) is 11.5 Å². The Morgan fingerprint density at radius 3 is 2.78 bits per heavy atom. The fraction of sp³-hybridized carbons (Fsp3) is 0.812. The van der Waals surface area contributed by atoms with E-state index in [0.29, 0.717) is 24.8 Å². The lowest BCUT2D eigenvalue weighted by Crippen LogP contribution is -2.39. The number of hydrogen-bond donors (Lipinski definition) is 1. The summed E-state index contributed by atoms with van der Waals surface area (Å²) in [4.78, 5) is 21.1. The Kier molecular flexibility index (Phi) is 4.60. The third-order valence-corrected chi connectivity index (χ3v) is 6.02. The Bertz CT molecular complexity index is 576. The highest BCUT2D eigenvalue weighted by atomic mass is 32.1. The number of carbonyl (C=O) groups excluding carboxylic acids is 1. The second-order valence-electron chi connectivity index (χ2n) is 7.43. The van der Waals surface area contributed by atoms with Crippen LogP contribution in [-0.2, 0) is 4.79 Å². The smallest absolute Gasteiger partial charge is 0.222 e. The van der Waals surface area contributed by atoms with Gasteiger partial charge in [0.15, 0.2) is 0 Å². The van der Waals surface area contributed by atoms with Gasteiger partial charge < -0.3 is 14.9 Å². The summed E-state index contributed by atoms with van der Waals surface area (Å²) in [7, 11) is 0. The Hall–Kier alpha value is -1.21. The Morgan fingerprint density at radius 2 is 2.22 bits per heavy atom. The highest BCUT2D eigenvalue weighted by Gasteiger charge is 2.53. The number of aromatic nitrogens is 2. The van der Waals surface area contributed by atoms with Crippen molar-refractivity contribution in [2.45, 2.75) is 33.6 Å². The van der Waals surface area contributed by atoms with Crippen molar-refractivity contribution < 1.29 is 9.90 Å². The van der Waals surface area contributed by atoms with Crippen LogP contribution in [0.25, 0.3) is 0 Å². The molecule has 0 bridgehead atoms. The van der Waals surface area contributed by atoms with Gasteiger partial charge in [0, 0.05) is 55.5 Å². The number of anilines is 1. The molecule has 2 aliphatic heterocycles. The number of carbonyl (C=O) groups is 1. The van der Waals surface area contributed by atoms with Crippen LogP contribution in [0.3, 0.4) is 0 Å². The second-order valence-corrected chi connectivity index (χ2v) is 8.16. The first-order valence-electron chi connectivity index (χ1n) is 8.37. The maximum Gasteiger partial charge on any atom is 0.222 e. The third kappa shape index (κ3) is 3.21. The molecule has 0 spiro atoms. The van der Waals surface area contributed by atoms with Gasteiger partial charge in [-0.25, -0.2) is 4.98 Å². The van der Waals surface area contributed by atoms with Crippen LogP contribution in [0.1, 0.15) is 32.5 Å². The van der Waals surface area contributed by atoms with Gasteiger partial charge in [0.25, 0.3) is 0 Å². The molecule has 0 saturated carbocycles. The van der Waals surface area contributed by atoms with Crippen LogP contribution in [-0.4, -0.2) is 58.1 Å². The number of amides is 1. The van der Waals surface area contributed by atoms with Crippen LogP contribution in [0.4, 0.5) is 5.13 Å². The SMILES string of the molecule is Cc1nsc(N2C[C@H]3CN(C(=O)CCC(C)C)C[C@@]3(CO)C2)n1. The molecule has 1 aromatic heterocycles. The Morgan fingerprint density at radius 1 is 1.43 bits per heavy atom. The molecular weight excluding hydrogens is 312 g/mol. The Labute approximate surface area is 141 Å². The van der Waals surface area contributed by atoms with E-state index in [4.69, 9.17) is 0 Å². The van der Waals surface area contributed by atoms with Crippen molar-refractivity contribution in [2.75, 3.05) is 37.7 Å². The number of aliphatic hydroxyl groups is 1. The molecule has 2 aliphatic rings. The van der Waals surface area contributed by atoms with Crippen LogP contribution < -0.4 is 4.90 Å². The molecule has 2 atom stereocenters. The highest BCUT2D eigenvalue weighted by molar-refractivity contribution is 7.09. The van der Waals surface area contributed by atoms with E-state index >= 15 is 0 Å². The van der Waals surface area contributed by atoms with Gasteiger partial charge in [-0.2, -0.15) is 4.37 Å². The van der Waals surface area contributed by atoms with Crippen molar-refractivity contribution in [1.29, 1.82) is 0 Å². The number of hydrogen-bond acceptors (Lipinski definition) is 6. The van der Waals surface area contributed by atoms with E-state index in [2.05, 4.69) is 28.1 Å². The number of fused-ring (bicyclic) bond motifs is 1. The lowest BCUT2D eigenvalue weighted by atomic mass is 9.82. The Balaban J connectivity index is 1.65. The molecule has 1 amide bonds. The van der Waals surface area contributed by atoms with E-state index in [9.17, 15) is 9.90 Å². The molecule has 7 heteroatoms. The topological polar surface area (TPSA) is 69.6 Å². The number of aryl methyl sites for hydroxylation is 1. The summed E-state index contributed by atoms with van der Waals surface area (Å²) in [5.41, 5.74) is -0.201. The summed E-state index contributed by atoms with van der Waals surface area (Å²) in [6.45, 7) is 9.34. The number of rotatable bonds is 5. The van der Waals surface area contributed by atoms with Gasteiger partial charge >= 0.3 is 0 Å². The van der Waals surface area contributed by atoms with E-state index in [1.54, 1.807) is 0 Å². The molecule has 0 aromatic carbocycles. The molecule has 1 N–H and O–H groups in total. The molecule has 1 aromatic rings. The van der Waals surface area contributed by atoms with Crippen LogP contribution in [0.2, 0.25) is 0 Å². The van der Waals surface area contributed by atoms with Gasteiger partial charge in [0.1, 0.15) is 5.82 Å². The predicted molar refractivity (Wildman–Crippen MR) is 90.5 cm³/mol. The molecule has 0 unspecified atom stereocenters. The maximum atomic E-state index is 12.4. The molecule has 2 fully saturated rings. The van der Waals surface area contributed by atoms with Crippen molar-refractivity contribution in [3.63, 3.8) is 0 Å². The minimum absolute atomic E-state index is 0.125. The van der Waals surface area contributed by atoms with Crippen molar-refractivity contribution in [3.8, 4) is 0 Å². The summed E-state index contributed by atoms with van der Waals surface area (Å²) in [6.07, 6.45) is 1.55. The van der Waals surface area contributed by atoms with Gasteiger partial charge in [-0.05, 0) is 19.3 Å². The lowest BCUT2D eigenvalue weighted by molar-refractivity contribution is -0.131. The number of likely N-dealkylation sites (tertiary alicyclic amines) is 1. The molecule has 3 heterocycles. The maximum absolute atomic E-state index is 12.4. The summed E-state index contributed by atoms with van der Waals surface area (Å²) >= 11 is 1.42. The molecule has 3 rings (SSSR count). The van der Waals surface area contributed by atoms with Gasteiger partial charge in [-0.3, -0.25) is 4.79 Å². The molecule has 0 aliphatic carbocycles. The minimum atomic E-state index is -0.201. The van der Waals surface area contributed by atoms with E-state index in [1.807, 2.05) is 11.8 Å². The van der Waals surface area contributed by atoms with Gasteiger partial charge in [-0.1, -0.05) is 13.8 Å². The standard InChI is InChI=1S/C16H26N4O2S/c1-11(2)4-5-14(22)19-6-13-7-20(9-16(13,8-19)10-21)15-17-12(3)18-23-15/h11,13,21H,4-10H2,1-3H3/t13-,16+/m1/s1. The normalized spacial score (nSPS) is 27.1. The molecule has 2 saturated heterocycles. The van der Waals surface area contributed by atoms with Crippen LogP contribution >= 0.6 is 11.5 Å². The second kappa shape index (κ2) is 6.36. The first-order valence-corrected chi connectivity index (χ1v) is 9.15. The number of aliphatic hydroxyl groups excluding tert-OH is 1. The summed E-state index contributed by atoms with van der Waals surface area (Å²) in [5.74, 6) is 1.90. The largest absolute Gasteiger partial charge is 0.396 e. The quantitative estimate of drug-likeness (QED) is 0.882.